The fourth-order valence-electron chi connectivity index (χ4n) is 0.820. The van der Waals surface area contributed by atoms with Crippen molar-refractivity contribution in [3.63, 3.8) is 0 Å². The van der Waals surface area contributed by atoms with E-state index in [0.29, 0.717) is 5.69 Å². The molecule has 1 rings (SSSR count). The summed E-state index contributed by atoms with van der Waals surface area (Å²) < 4.78 is 0.774. The monoisotopic (exact) mass is 290 g/mol. The number of aromatic nitrogens is 1. The molecule has 0 aliphatic carbocycles. The number of amides is 1. The average molecular weight is 292 g/mol. The molecule has 1 N–H and O–H groups in total. The normalized spacial score (nSPS) is 11.3. The highest BCUT2D eigenvalue weighted by atomic mass is 79.9. The Morgan fingerprint density at radius 2 is 2.13 bits per heavy atom. The molecule has 0 spiro atoms. The first-order chi connectivity index (χ1) is 6.80. The van der Waals surface area contributed by atoms with E-state index < -0.39 is 5.41 Å². The van der Waals surface area contributed by atoms with Gasteiger partial charge >= 0.3 is 0 Å². The van der Waals surface area contributed by atoms with Crippen LogP contribution in [0, 0.1) is 5.41 Å². The first-order valence-electron chi connectivity index (χ1n) is 4.43. The van der Waals surface area contributed by atoms with Crippen LogP contribution in [0.4, 0.5) is 5.69 Å². The summed E-state index contributed by atoms with van der Waals surface area (Å²) in [7, 11) is 0. The fraction of sp³-hybridized carbons (Fsp3) is 0.400. The molecule has 0 fully saturated rings. The van der Waals surface area contributed by atoms with E-state index in [9.17, 15) is 4.79 Å². The molecular weight excluding hydrogens is 279 g/mol. The number of rotatable bonds is 1. The largest absolute Gasteiger partial charge is 0.323 e. The Balaban J connectivity index is 2.90. The van der Waals surface area contributed by atoms with E-state index in [1.165, 1.54) is 0 Å². The molecule has 0 radical (unpaired) electrons. The lowest BCUT2D eigenvalue weighted by molar-refractivity contribution is -0.123. The Morgan fingerprint density at radius 3 is 2.67 bits per heavy atom. The smallest absolute Gasteiger partial charge is 0.229 e. The third-order valence-corrected chi connectivity index (χ3v) is 2.47. The summed E-state index contributed by atoms with van der Waals surface area (Å²) in [5.41, 5.74) is 0.0667. The van der Waals surface area contributed by atoms with Gasteiger partial charge in [-0.05, 0) is 22.0 Å². The van der Waals surface area contributed by atoms with E-state index in [1.54, 1.807) is 12.3 Å². The predicted molar refractivity (Wildman–Crippen MR) is 65.0 cm³/mol. The maximum atomic E-state index is 11.7. The van der Waals surface area contributed by atoms with Crippen molar-refractivity contribution in [3.05, 3.63) is 21.9 Å². The lowest BCUT2D eigenvalue weighted by atomic mass is 9.96. The molecule has 82 valence electrons. The molecule has 15 heavy (non-hydrogen) atoms. The molecule has 0 aromatic carbocycles. The minimum absolute atomic E-state index is 0.0932. The van der Waals surface area contributed by atoms with Crippen LogP contribution in [-0.2, 0) is 4.79 Å². The van der Waals surface area contributed by atoms with Gasteiger partial charge in [0.15, 0.2) is 5.15 Å². The summed E-state index contributed by atoms with van der Waals surface area (Å²) in [5.74, 6) is -0.0932. The molecule has 5 heteroatoms. The van der Waals surface area contributed by atoms with Gasteiger partial charge in [0.2, 0.25) is 5.91 Å². The molecule has 1 aromatic heterocycles. The van der Waals surface area contributed by atoms with Gasteiger partial charge in [0.1, 0.15) is 0 Å². The van der Waals surface area contributed by atoms with E-state index in [4.69, 9.17) is 11.6 Å². The summed E-state index contributed by atoms with van der Waals surface area (Å²) in [6.07, 6.45) is 1.58. The number of halogens is 2. The van der Waals surface area contributed by atoms with E-state index >= 15 is 0 Å². The lowest BCUT2D eigenvalue weighted by Gasteiger charge is -2.18. The van der Waals surface area contributed by atoms with Crippen LogP contribution >= 0.6 is 27.5 Å². The molecule has 0 saturated heterocycles. The maximum absolute atomic E-state index is 11.7. The number of carbonyl (C=O) groups is 1. The van der Waals surface area contributed by atoms with Crippen molar-refractivity contribution in [3.8, 4) is 0 Å². The SMILES string of the molecule is CC(C)(C)C(=O)Nc1cc(Br)cnc1Cl. The van der Waals surface area contributed by atoms with Crippen LogP contribution in [0.2, 0.25) is 5.15 Å². The van der Waals surface area contributed by atoms with Gasteiger partial charge in [0.25, 0.3) is 0 Å². The number of hydrogen-bond donors (Lipinski definition) is 1. The molecule has 0 atom stereocenters. The highest BCUT2D eigenvalue weighted by Gasteiger charge is 2.22. The van der Waals surface area contributed by atoms with E-state index in [2.05, 4.69) is 26.2 Å². The van der Waals surface area contributed by atoms with Gasteiger partial charge in [-0.3, -0.25) is 4.79 Å². The van der Waals surface area contributed by atoms with Gasteiger partial charge in [-0.25, -0.2) is 4.98 Å². The molecule has 3 nitrogen and oxygen atoms in total. The second-order valence-corrected chi connectivity index (χ2v) is 5.47. The highest BCUT2D eigenvalue weighted by Crippen LogP contribution is 2.25. The van der Waals surface area contributed by atoms with Crippen LogP contribution in [0.5, 0.6) is 0 Å². The van der Waals surface area contributed by atoms with Crippen LogP contribution in [-0.4, -0.2) is 10.9 Å². The Morgan fingerprint density at radius 1 is 1.53 bits per heavy atom. The average Bonchev–Trinajstić information content (AvgIpc) is 2.09. The van der Waals surface area contributed by atoms with Crippen molar-refractivity contribution in [2.45, 2.75) is 20.8 Å². The van der Waals surface area contributed by atoms with Crippen molar-refractivity contribution >= 4 is 39.1 Å². The second-order valence-electron chi connectivity index (χ2n) is 4.20. The summed E-state index contributed by atoms with van der Waals surface area (Å²) in [6, 6.07) is 1.72. The van der Waals surface area contributed by atoms with Crippen LogP contribution in [0.15, 0.2) is 16.7 Å². The molecule has 0 saturated carbocycles. The molecule has 0 bridgehead atoms. The molecular formula is C10H12BrClN2O. The van der Waals surface area contributed by atoms with Crippen molar-refractivity contribution in [2.75, 3.05) is 5.32 Å². The third kappa shape index (κ3) is 3.47. The Kier molecular flexibility index (Phi) is 3.73. The number of nitrogens with zero attached hydrogens (tertiary/aromatic N) is 1. The molecule has 1 amide bonds. The van der Waals surface area contributed by atoms with Crippen molar-refractivity contribution in [2.24, 2.45) is 5.41 Å². The Hall–Kier alpha value is -0.610. The first-order valence-corrected chi connectivity index (χ1v) is 5.60. The van der Waals surface area contributed by atoms with E-state index in [0.717, 1.165) is 4.47 Å². The number of hydrogen-bond acceptors (Lipinski definition) is 2. The highest BCUT2D eigenvalue weighted by molar-refractivity contribution is 9.10. The quantitative estimate of drug-likeness (QED) is 0.805. The number of anilines is 1. The van der Waals surface area contributed by atoms with Gasteiger partial charge < -0.3 is 5.32 Å². The summed E-state index contributed by atoms with van der Waals surface area (Å²) in [6.45, 7) is 5.50. The zero-order valence-corrected chi connectivity index (χ0v) is 11.1. The first kappa shape index (κ1) is 12.5. The van der Waals surface area contributed by atoms with Crippen LogP contribution in [0.25, 0.3) is 0 Å². The van der Waals surface area contributed by atoms with E-state index in [-0.39, 0.29) is 11.1 Å². The zero-order valence-electron chi connectivity index (χ0n) is 8.77. The number of nitrogens with one attached hydrogen (secondary N) is 1. The van der Waals surface area contributed by atoms with Crippen LogP contribution in [0.3, 0.4) is 0 Å². The zero-order chi connectivity index (χ0) is 11.6. The van der Waals surface area contributed by atoms with Crippen molar-refractivity contribution in [1.29, 1.82) is 0 Å². The third-order valence-electron chi connectivity index (χ3n) is 1.74. The van der Waals surface area contributed by atoms with Gasteiger partial charge in [-0.1, -0.05) is 32.4 Å². The molecule has 0 aliphatic rings. The minimum Gasteiger partial charge on any atom is -0.323 e. The van der Waals surface area contributed by atoms with Gasteiger partial charge in [-0.2, -0.15) is 0 Å². The minimum atomic E-state index is -0.453. The maximum Gasteiger partial charge on any atom is 0.229 e. The molecule has 1 aromatic rings. The fourth-order valence-corrected chi connectivity index (χ4v) is 1.30. The Labute approximate surface area is 102 Å². The van der Waals surface area contributed by atoms with Gasteiger partial charge in [0, 0.05) is 16.1 Å². The van der Waals surface area contributed by atoms with Crippen LogP contribution < -0.4 is 5.32 Å². The standard InChI is InChI=1S/C10H12BrClN2O/c1-10(2,3)9(15)14-7-4-6(11)5-13-8(7)12/h4-5H,1-3H3,(H,14,15). The van der Waals surface area contributed by atoms with E-state index in [1.807, 2.05) is 20.8 Å². The van der Waals surface area contributed by atoms with Crippen molar-refractivity contribution in [1.82, 2.24) is 4.98 Å². The summed E-state index contributed by atoms with van der Waals surface area (Å²) in [4.78, 5) is 15.6. The summed E-state index contributed by atoms with van der Waals surface area (Å²) >= 11 is 9.11. The van der Waals surface area contributed by atoms with Crippen molar-refractivity contribution < 1.29 is 4.79 Å². The molecule has 0 unspecified atom stereocenters. The predicted octanol–water partition coefficient (Wildman–Crippen LogP) is 3.48. The molecule has 0 aliphatic heterocycles. The number of pyridine rings is 1. The van der Waals surface area contributed by atoms with Crippen LogP contribution in [0.1, 0.15) is 20.8 Å². The molecule has 1 heterocycles. The Bertz CT molecular complexity index is 387. The summed E-state index contributed by atoms with van der Waals surface area (Å²) in [5, 5.41) is 3.02. The second kappa shape index (κ2) is 4.49. The van der Waals surface area contributed by atoms with Gasteiger partial charge in [0.05, 0.1) is 5.69 Å². The lowest BCUT2D eigenvalue weighted by Crippen LogP contribution is -2.27. The van der Waals surface area contributed by atoms with Gasteiger partial charge in [-0.15, -0.1) is 0 Å². The topological polar surface area (TPSA) is 42.0 Å². The number of carbonyl (C=O) groups excluding carboxylic acids is 1.